The fourth-order valence-electron chi connectivity index (χ4n) is 3.09. The van der Waals surface area contributed by atoms with Gasteiger partial charge in [-0.1, -0.05) is 31.9 Å². The number of fused-ring (bicyclic) bond motifs is 1. The highest BCUT2D eigenvalue weighted by atomic mass is 15.2. The van der Waals surface area contributed by atoms with E-state index in [0.29, 0.717) is 6.04 Å². The zero-order valence-electron chi connectivity index (χ0n) is 9.96. The molecule has 0 aromatic carbocycles. The largest absolute Gasteiger partial charge is 0.296 e. The van der Waals surface area contributed by atoms with Crippen molar-refractivity contribution in [1.82, 2.24) is 4.90 Å². The Kier molecular flexibility index (Phi) is 2.70. The third-order valence-electron chi connectivity index (χ3n) is 4.42. The van der Waals surface area contributed by atoms with Crippen molar-refractivity contribution in [2.75, 3.05) is 7.05 Å². The van der Waals surface area contributed by atoms with Crippen LogP contribution in [0.25, 0.3) is 0 Å². The van der Waals surface area contributed by atoms with Gasteiger partial charge in [0, 0.05) is 12.1 Å². The molecule has 4 atom stereocenters. The third-order valence-corrected chi connectivity index (χ3v) is 4.42. The summed E-state index contributed by atoms with van der Waals surface area (Å²) in [7, 11) is 2.30. The van der Waals surface area contributed by atoms with Gasteiger partial charge in [0.1, 0.15) is 0 Å². The summed E-state index contributed by atoms with van der Waals surface area (Å²) in [6.07, 6.45) is 6.74. The van der Waals surface area contributed by atoms with Crippen molar-refractivity contribution in [2.24, 2.45) is 11.8 Å². The predicted octanol–water partition coefficient (Wildman–Crippen LogP) is 3.07. The van der Waals surface area contributed by atoms with Crippen LogP contribution in [0.5, 0.6) is 0 Å². The van der Waals surface area contributed by atoms with E-state index < -0.39 is 0 Å². The van der Waals surface area contributed by atoms with E-state index in [9.17, 15) is 0 Å². The summed E-state index contributed by atoms with van der Waals surface area (Å²) >= 11 is 0. The van der Waals surface area contributed by atoms with Gasteiger partial charge in [-0.2, -0.15) is 0 Å². The Morgan fingerprint density at radius 2 is 1.93 bits per heavy atom. The smallest absolute Gasteiger partial charge is 0.0310 e. The molecule has 4 unspecified atom stereocenters. The molecule has 1 heterocycles. The normalized spacial score (nSPS) is 44.4. The standard InChI is InChI=1S/C13H23N/c1-9-6-5-7-13-12(9)8-10(2)11(3)14(13)4/h8-11,13H,5-7H2,1-4H3. The first-order valence-corrected chi connectivity index (χ1v) is 6.04. The molecule has 0 spiro atoms. The number of likely N-dealkylation sites (N-methyl/N-ethyl adjacent to an activating group) is 1. The minimum absolute atomic E-state index is 0.717. The molecule has 1 aliphatic carbocycles. The van der Waals surface area contributed by atoms with Crippen molar-refractivity contribution < 1.29 is 0 Å². The third kappa shape index (κ3) is 1.52. The maximum absolute atomic E-state index is 2.59. The summed E-state index contributed by atoms with van der Waals surface area (Å²) in [4.78, 5) is 2.59. The van der Waals surface area contributed by atoms with Gasteiger partial charge in [0.05, 0.1) is 0 Å². The average Bonchev–Trinajstić information content (AvgIpc) is 2.17. The SMILES string of the molecule is CC1CCCC2C1=CC(C)C(C)N2C. The van der Waals surface area contributed by atoms with Gasteiger partial charge in [-0.3, -0.25) is 4.90 Å². The van der Waals surface area contributed by atoms with Gasteiger partial charge >= 0.3 is 0 Å². The summed E-state index contributed by atoms with van der Waals surface area (Å²) in [5, 5.41) is 0. The fraction of sp³-hybridized carbons (Fsp3) is 0.846. The summed E-state index contributed by atoms with van der Waals surface area (Å²) in [5.41, 5.74) is 1.73. The second-order valence-corrected chi connectivity index (χ2v) is 5.28. The van der Waals surface area contributed by atoms with Gasteiger partial charge in [0.15, 0.2) is 0 Å². The molecule has 0 bridgehead atoms. The topological polar surface area (TPSA) is 3.24 Å². The molecule has 80 valence electrons. The lowest BCUT2D eigenvalue weighted by atomic mass is 9.76. The molecule has 1 fully saturated rings. The van der Waals surface area contributed by atoms with Crippen molar-refractivity contribution in [3.63, 3.8) is 0 Å². The summed E-state index contributed by atoms with van der Waals surface area (Å²) in [6, 6.07) is 1.47. The van der Waals surface area contributed by atoms with Crippen LogP contribution in [0.2, 0.25) is 0 Å². The van der Waals surface area contributed by atoms with Crippen LogP contribution in [0.15, 0.2) is 11.6 Å². The van der Waals surface area contributed by atoms with E-state index >= 15 is 0 Å². The molecular weight excluding hydrogens is 170 g/mol. The highest BCUT2D eigenvalue weighted by Gasteiger charge is 2.34. The van der Waals surface area contributed by atoms with Gasteiger partial charge in [0.2, 0.25) is 0 Å². The highest BCUT2D eigenvalue weighted by molar-refractivity contribution is 5.22. The highest BCUT2D eigenvalue weighted by Crippen LogP contribution is 2.38. The van der Waals surface area contributed by atoms with Crippen LogP contribution in [-0.2, 0) is 0 Å². The van der Waals surface area contributed by atoms with Crippen molar-refractivity contribution >= 4 is 0 Å². The number of hydrogen-bond donors (Lipinski definition) is 0. The zero-order valence-corrected chi connectivity index (χ0v) is 9.96. The van der Waals surface area contributed by atoms with Gasteiger partial charge in [0.25, 0.3) is 0 Å². The Morgan fingerprint density at radius 3 is 2.64 bits per heavy atom. The average molecular weight is 193 g/mol. The van der Waals surface area contributed by atoms with E-state index in [1.807, 2.05) is 0 Å². The van der Waals surface area contributed by atoms with E-state index in [0.717, 1.165) is 17.9 Å². The molecule has 2 rings (SSSR count). The van der Waals surface area contributed by atoms with Crippen LogP contribution in [0.4, 0.5) is 0 Å². The van der Waals surface area contributed by atoms with Crippen LogP contribution in [0.3, 0.4) is 0 Å². The Labute approximate surface area is 88.2 Å². The number of nitrogens with zero attached hydrogens (tertiary/aromatic N) is 1. The molecule has 2 aliphatic rings. The van der Waals surface area contributed by atoms with Crippen molar-refractivity contribution in [3.05, 3.63) is 11.6 Å². The summed E-state index contributed by atoms with van der Waals surface area (Å²) in [6.45, 7) is 7.11. The lowest BCUT2D eigenvalue weighted by molar-refractivity contribution is 0.129. The van der Waals surface area contributed by atoms with E-state index in [4.69, 9.17) is 0 Å². The minimum atomic E-state index is 0.717. The lowest BCUT2D eigenvalue weighted by Gasteiger charge is -2.45. The molecule has 0 aromatic rings. The van der Waals surface area contributed by atoms with Gasteiger partial charge in [-0.15, -0.1) is 0 Å². The second kappa shape index (κ2) is 3.69. The van der Waals surface area contributed by atoms with Crippen LogP contribution in [0.1, 0.15) is 40.0 Å². The van der Waals surface area contributed by atoms with Gasteiger partial charge in [-0.05, 0) is 38.6 Å². The Hall–Kier alpha value is -0.300. The molecule has 1 aliphatic heterocycles. The molecule has 0 N–H and O–H groups in total. The second-order valence-electron chi connectivity index (χ2n) is 5.28. The van der Waals surface area contributed by atoms with E-state index in [2.05, 4.69) is 38.8 Å². The molecule has 14 heavy (non-hydrogen) atoms. The maximum atomic E-state index is 2.59. The monoisotopic (exact) mass is 193 g/mol. The molecule has 0 radical (unpaired) electrons. The Morgan fingerprint density at radius 1 is 1.21 bits per heavy atom. The number of hydrogen-bond acceptors (Lipinski definition) is 1. The minimum Gasteiger partial charge on any atom is -0.296 e. The molecule has 0 aromatic heterocycles. The molecule has 1 heteroatoms. The van der Waals surface area contributed by atoms with Crippen LogP contribution >= 0.6 is 0 Å². The molecule has 0 saturated heterocycles. The zero-order chi connectivity index (χ0) is 10.3. The fourth-order valence-corrected chi connectivity index (χ4v) is 3.09. The van der Waals surface area contributed by atoms with E-state index in [1.54, 1.807) is 5.57 Å². The molecule has 1 saturated carbocycles. The van der Waals surface area contributed by atoms with Crippen LogP contribution < -0.4 is 0 Å². The molecular formula is C13H23N. The number of rotatable bonds is 0. The predicted molar refractivity (Wildman–Crippen MR) is 61.3 cm³/mol. The maximum Gasteiger partial charge on any atom is 0.0310 e. The summed E-state index contributed by atoms with van der Waals surface area (Å²) < 4.78 is 0. The van der Waals surface area contributed by atoms with Crippen LogP contribution in [0, 0.1) is 11.8 Å². The van der Waals surface area contributed by atoms with Crippen molar-refractivity contribution in [2.45, 2.75) is 52.1 Å². The van der Waals surface area contributed by atoms with Crippen LogP contribution in [-0.4, -0.2) is 24.0 Å². The van der Waals surface area contributed by atoms with Crippen molar-refractivity contribution in [1.29, 1.82) is 0 Å². The lowest BCUT2D eigenvalue weighted by Crippen LogP contribution is -2.48. The van der Waals surface area contributed by atoms with Gasteiger partial charge in [-0.25, -0.2) is 0 Å². The Bertz CT molecular complexity index is 244. The quantitative estimate of drug-likeness (QED) is 0.534. The first kappa shape index (κ1) is 10.2. The van der Waals surface area contributed by atoms with E-state index in [1.165, 1.54) is 19.3 Å². The van der Waals surface area contributed by atoms with Crippen molar-refractivity contribution in [3.8, 4) is 0 Å². The Balaban J connectivity index is 2.27. The van der Waals surface area contributed by atoms with E-state index in [-0.39, 0.29) is 0 Å². The first-order chi connectivity index (χ1) is 6.61. The molecule has 1 nitrogen and oxygen atoms in total. The van der Waals surface area contributed by atoms with Gasteiger partial charge < -0.3 is 0 Å². The first-order valence-electron chi connectivity index (χ1n) is 6.04. The summed E-state index contributed by atoms with van der Waals surface area (Å²) in [5.74, 6) is 1.55. The molecule has 0 amide bonds.